The van der Waals surface area contributed by atoms with Crippen molar-refractivity contribution in [2.45, 2.75) is 25.9 Å². The zero-order chi connectivity index (χ0) is 18.2. The van der Waals surface area contributed by atoms with Gasteiger partial charge in [0.2, 0.25) is 5.91 Å². The minimum atomic E-state index is -0.144. The van der Waals surface area contributed by atoms with E-state index in [1.165, 1.54) is 0 Å². The van der Waals surface area contributed by atoms with Crippen LogP contribution in [0.4, 0.5) is 4.79 Å². The predicted molar refractivity (Wildman–Crippen MR) is 101 cm³/mol. The highest BCUT2D eigenvalue weighted by Gasteiger charge is 2.28. The van der Waals surface area contributed by atoms with Gasteiger partial charge in [-0.3, -0.25) is 4.79 Å². The average Bonchev–Trinajstić information content (AvgIpc) is 2.72. The van der Waals surface area contributed by atoms with Crippen molar-refractivity contribution in [2.24, 2.45) is 5.92 Å². The summed E-state index contributed by atoms with van der Waals surface area (Å²) in [7, 11) is 0. The van der Waals surface area contributed by atoms with Gasteiger partial charge in [0.1, 0.15) is 0 Å². The minimum Gasteiger partial charge on any atom is -0.352 e. The van der Waals surface area contributed by atoms with Crippen LogP contribution in [-0.2, 0) is 17.9 Å². The lowest BCUT2D eigenvalue weighted by Gasteiger charge is -2.32. The summed E-state index contributed by atoms with van der Waals surface area (Å²) in [5, 5.41) is 5.93. The highest BCUT2D eigenvalue weighted by molar-refractivity contribution is 5.80. The summed E-state index contributed by atoms with van der Waals surface area (Å²) in [5.41, 5.74) is 2.14. The van der Waals surface area contributed by atoms with Crippen molar-refractivity contribution < 1.29 is 9.59 Å². The van der Waals surface area contributed by atoms with Crippen molar-refractivity contribution in [3.8, 4) is 0 Å². The van der Waals surface area contributed by atoms with Gasteiger partial charge in [-0.15, -0.1) is 0 Å². The van der Waals surface area contributed by atoms with Gasteiger partial charge in [-0.05, 0) is 24.0 Å². The first-order chi connectivity index (χ1) is 12.7. The molecular weight excluding hydrogens is 326 g/mol. The number of nitrogens with one attached hydrogen (secondary N) is 2. The summed E-state index contributed by atoms with van der Waals surface area (Å²) in [6, 6.07) is 19.6. The van der Waals surface area contributed by atoms with Gasteiger partial charge in [0.05, 0.1) is 5.92 Å². The number of likely N-dealkylation sites (tertiary alicyclic amines) is 1. The van der Waals surface area contributed by atoms with Crippen LogP contribution in [0.15, 0.2) is 60.7 Å². The standard InChI is InChI=1S/C21H25N3O2/c25-20(22-14-17-8-3-1-4-9-17)19-12-7-13-24(16-19)21(26)23-15-18-10-5-2-6-11-18/h1-6,8-11,19H,7,12-16H2,(H,22,25)(H,23,26)/t19-/m1/s1. The second-order valence-electron chi connectivity index (χ2n) is 6.63. The fourth-order valence-electron chi connectivity index (χ4n) is 3.19. The van der Waals surface area contributed by atoms with E-state index in [0.717, 1.165) is 24.0 Å². The molecule has 3 rings (SSSR count). The van der Waals surface area contributed by atoms with Crippen molar-refractivity contribution in [2.75, 3.05) is 13.1 Å². The van der Waals surface area contributed by atoms with Gasteiger partial charge in [-0.1, -0.05) is 60.7 Å². The Kier molecular flexibility index (Phi) is 6.25. The molecule has 3 amide bonds. The Labute approximate surface area is 154 Å². The molecule has 5 nitrogen and oxygen atoms in total. The lowest BCUT2D eigenvalue weighted by molar-refractivity contribution is -0.126. The molecule has 0 radical (unpaired) electrons. The molecule has 1 aliphatic rings. The van der Waals surface area contributed by atoms with Crippen LogP contribution in [-0.4, -0.2) is 29.9 Å². The third kappa shape index (κ3) is 5.09. The van der Waals surface area contributed by atoms with Crippen LogP contribution in [0.1, 0.15) is 24.0 Å². The quantitative estimate of drug-likeness (QED) is 0.870. The molecule has 0 aromatic heterocycles. The van der Waals surface area contributed by atoms with Gasteiger partial charge < -0.3 is 15.5 Å². The average molecular weight is 351 g/mol. The number of rotatable bonds is 5. The smallest absolute Gasteiger partial charge is 0.317 e. The maximum Gasteiger partial charge on any atom is 0.317 e. The van der Waals surface area contributed by atoms with Gasteiger partial charge in [0, 0.05) is 26.2 Å². The van der Waals surface area contributed by atoms with E-state index < -0.39 is 0 Å². The first-order valence-corrected chi connectivity index (χ1v) is 9.11. The molecular formula is C21H25N3O2. The fraction of sp³-hybridized carbons (Fsp3) is 0.333. The summed E-state index contributed by atoms with van der Waals surface area (Å²) >= 11 is 0. The molecule has 0 saturated carbocycles. The number of nitrogens with zero attached hydrogens (tertiary/aromatic N) is 1. The maximum atomic E-state index is 12.4. The van der Waals surface area contributed by atoms with Crippen molar-refractivity contribution in [3.05, 3.63) is 71.8 Å². The monoisotopic (exact) mass is 351 g/mol. The molecule has 136 valence electrons. The number of hydrogen-bond donors (Lipinski definition) is 2. The molecule has 0 spiro atoms. The first-order valence-electron chi connectivity index (χ1n) is 9.11. The van der Waals surface area contributed by atoms with E-state index in [2.05, 4.69) is 10.6 Å². The lowest BCUT2D eigenvalue weighted by Crippen LogP contribution is -2.48. The Morgan fingerprint density at radius 3 is 2.08 bits per heavy atom. The zero-order valence-corrected chi connectivity index (χ0v) is 14.9. The van der Waals surface area contributed by atoms with E-state index in [1.807, 2.05) is 60.7 Å². The molecule has 2 aromatic carbocycles. The third-order valence-electron chi connectivity index (χ3n) is 4.68. The molecule has 5 heteroatoms. The second kappa shape index (κ2) is 9.04. The van der Waals surface area contributed by atoms with Crippen LogP contribution < -0.4 is 10.6 Å². The first kappa shape index (κ1) is 18.0. The van der Waals surface area contributed by atoms with Gasteiger partial charge >= 0.3 is 6.03 Å². The highest BCUT2D eigenvalue weighted by Crippen LogP contribution is 2.17. The molecule has 0 aliphatic carbocycles. The Morgan fingerprint density at radius 2 is 1.46 bits per heavy atom. The van der Waals surface area contributed by atoms with E-state index in [0.29, 0.717) is 26.2 Å². The van der Waals surface area contributed by atoms with Crippen LogP contribution in [0.5, 0.6) is 0 Å². The number of hydrogen-bond acceptors (Lipinski definition) is 2. The predicted octanol–water partition coefficient (Wildman–Crippen LogP) is 2.92. The van der Waals surface area contributed by atoms with Crippen LogP contribution in [0, 0.1) is 5.92 Å². The van der Waals surface area contributed by atoms with Crippen LogP contribution in [0.25, 0.3) is 0 Å². The molecule has 0 bridgehead atoms. The molecule has 1 fully saturated rings. The summed E-state index contributed by atoms with van der Waals surface area (Å²) in [4.78, 5) is 26.6. The number of urea groups is 1. The largest absolute Gasteiger partial charge is 0.352 e. The Hall–Kier alpha value is -2.82. The topological polar surface area (TPSA) is 61.4 Å². The zero-order valence-electron chi connectivity index (χ0n) is 14.9. The molecule has 2 aromatic rings. The molecule has 1 aliphatic heterocycles. The normalized spacial score (nSPS) is 16.8. The summed E-state index contributed by atoms with van der Waals surface area (Å²) < 4.78 is 0. The highest BCUT2D eigenvalue weighted by atomic mass is 16.2. The van der Waals surface area contributed by atoms with Crippen LogP contribution in [0.3, 0.4) is 0 Å². The van der Waals surface area contributed by atoms with Gasteiger partial charge in [0.25, 0.3) is 0 Å². The van der Waals surface area contributed by atoms with Gasteiger partial charge in [0.15, 0.2) is 0 Å². The molecule has 26 heavy (non-hydrogen) atoms. The molecule has 1 saturated heterocycles. The molecule has 0 unspecified atom stereocenters. The molecule has 1 heterocycles. The van der Waals surface area contributed by atoms with E-state index in [-0.39, 0.29) is 17.9 Å². The summed E-state index contributed by atoms with van der Waals surface area (Å²) in [6.45, 7) is 2.20. The van der Waals surface area contributed by atoms with E-state index in [4.69, 9.17) is 0 Å². The number of benzene rings is 2. The van der Waals surface area contributed by atoms with Crippen LogP contribution in [0.2, 0.25) is 0 Å². The minimum absolute atomic E-state index is 0.0226. The Morgan fingerprint density at radius 1 is 0.885 bits per heavy atom. The van der Waals surface area contributed by atoms with Crippen molar-refractivity contribution in [1.82, 2.24) is 15.5 Å². The fourth-order valence-corrected chi connectivity index (χ4v) is 3.19. The van der Waals surface area contributed by atoms with E-state index >= 15 is 0 Å². The lowest BCUT2D eigenvalue weighted by atomic mass is 9.97. The number of amides is 3. The Bertz CT molecular complexity index is 657. The Balaban J connectivity index is 1.47. The SMILES string of the molecule is O=C(NCc1ccccc1)[C@@H]1CCCN(C(=O)NCc2ccccc2)C1. The van der Waals surface area contributed by atoms with Gasteiger partial charge in [-0.25, -0.2) is 4.79 Å². The van der Waals surface area contributed by atoms with Crippen molar-refractivity contribution in [1.29, 1.82) is 0 Å². The van der Waals surface area contributed by atoms with Crippen molar-refractivity contribution in [3.63, 3.8) is 0 Å². The van der Waals surface area contributed by atoms with E-state index in [1.54, 1.807) is 4.90 Å². The maximum absolute atomic E-state index is 12.4. The number of carbonyl (C=O) groups excluding carboxylic acids is 2. The van der Waals surface area contributed by atoms with Crippen molar-refractivity contribution >= 4 is 11.9 Å². The third-order valence-corrected chi connectivity index (χ3v) is 4.68. The van der Waals surface area contributed by atoms with Gasteiger partial charge in [-0.2, -0.15) is 0 Å². The number of piperidine rings is 1. The molecule has 1 atom stereocenters. The molecule has 2 N–H and O–H groups in total. The summed E-state index contributed by atoms with van der Waals surface area (Å²) in [5.74, 6) is -0.121. The van der Waals surface area contributed by atoms with Crippen LogP contribution >= 0.6 is 0 Å². The number of carbonyl (C=O) groups is 2. The van der Waals surface area contributed by atoms with E-state index in [9.17, 15) is 9.59 Å². The second-order valence-corrected chi connectivity index (χ2v) is 6.63. The summed E-state index contributed by atoms with van der Waals surface area (Å²) in [6.07, 6.45) is 1.67.